The third kappa shape index (κ3) is 3.81. The third-order valence-electron chi connectivity index (χ3n) is 3.30. The zero-order valence-corrected chi connectivity index (χ0v) is 14.4. The standard InChI is InChI=1S/C16H14N6O3S/c1-9(23)19-13-6-11(5-10(14(13)24)7-25-8-17)20-21-16-12-3-2-4-18-15(12)22-26-16/h2-6,8,17,24H,7H2,1H3,(H,19,23). The van der Waals surface area contributed by atoms with E-state index in [9.17, 15) is 9.90 Å². The zero-order valence-electron chi connectivity index (χ0n) is 13.6. The Morgan fingerprint density at radius 1 is 1.46 bits per heavy atom. The number of hydrogen-bond donors (Lipinski definition) is 3. The molecule has 2 heterocycles. The summed E-state index contributed by atoms with van der Waals surface area (Å²) in [4.78, 5) is 15.5. The molecule has 0 aliphatic heterocycles. The maximum Gasteiger partial charge on any atom is 0.221 e. The van der Waals surface area contributed by atoms with Crippen LogP contribution < -0.4 is 5.32 Å². The molecule has 3 rings (SSSR count). The molecule has 0 spiro atoms. The van der Waals surface area contributed by atoms with E-state index in [4.69, 9.17) is 10.1 Å². The number of fused-ring (bicyclic) bond motifs is 1. The summed E-state index contributed by atoms with van der Waals surface area (Å²) in [5.74, 6) is -0.485. The minimum atomic E-state index is -0.340. The van der Waals surface area contributed by atoms with Gasteiger partial charge in [0.15, 0.2) is 17.0 Å². The van der Waals surface area contributed by atoms with Crippen LogP contribution >= 0.6 is 11.5 Å². The van der Waals surface area contributed by atoms with Crippen LogP contribution in [0.3, 0.4) is 0 Å². The summed E-state index contributed by atoms with van der Waals surface area (Å²) in [6.07, 6.45) is 2.42. The highest BCUT2D eigenvalue weighted by Crippen LogP contribution is 2.35. The fourth-order valence-corrected chi connectivity index (χ4v) is 2.86. The van der Waals surface area contributed by atoms with Gasteiger partial charge < -0.3 is 15.2 Å². The zero-order chi connectivity index (χ0) is 18.5. The molecule has 0 saturated heterocycles. The Hall–Kier alpha value is -3.40. The van der Waals surface area contributed by atoms with E-state index in [1.807, 2.05) is 6.07 Å². The van der Waals surface area contributed by atoms with Crippen molar-refractivity contribution in [3.8, 4) is 5.75 Å². The minimum Gasteiger partial charge on any atom is -0.505 e. The number of hydrogen-bond acceptors (Lipinski definition) is 9. The van der Waals surface area contributed by atoms with E-state index >= 15 is 0 Å². The predicted molar refractivity (Wildman–Crippen MR) is 97.6 cm³/mol. The monoisotopic (exact) mass is 370 g/mol. The number of carbonyl (C=O) groups excluding carboxylic acids is 1. The van der Waals surface area contributed by atoms with Gasteiger partial charge in [-0.05, 0) is 35.8 Å². The number of carbonyl (C=O) groups is 1. The number of nitrogens with zero attached hydrogens (tertiary/aromatic N) is 4. The molecule has 3 N–H and O–H groups in total. The van der Waals surface area contributed by atoms with E-state index < -0.39 is 0 Å². The number of aromatic hydroxyl groups is 1. The van der Waals surface area contributed by atoms with Gasteiger partial charge in [0.1, 0.15) is 12.4 Å². The van der Waals surface area contributed by atoms with Crippen LogP contribution in [0, 0.1) is 5.41 Å². The molecule has 0 unspecified atom stereocenters. The van der Waals surface area contributed by atoms with Crippen LogP contribution in [0.15, 0.2) is 40.7 Å². The molecule has 0 fully saturated rings. The average Bonchev–Trinajstić information content (AvgIpc) is 3.04. The summed E-state index contributed by atoms with van der Waals surface area (Å²) in [6, 6.07) is 6.70. The van der Waals surface area contributed by atoms with E-state index in [2.05, 4.69) is 24.9 Å². The van der Waals surface area contributed by atoms with Crippen LogP contribution in [0.1, 0.15) is 12.5 Å². The molecule has 10 heteroatoms. The topological polar surface area (TPSA) is 133 Å². The molecule has 0 aliphatic carbocycles. The molecule has 0 saturated carbocycles. The number of phenolic OH excluding ortho intramolecular Hbond substituents is 1. The van der Waals surface area contributed by atoms with Gasteiger partial charge in [0, 0.05) is 18.7 Å². The number of benzene rings is 1. The predicted octanol–water partition coefficient (Wildman–Crippen LogP) is 3.89. The molecule has 0 atom stereocenters. The lowest BCUT2D eigenvalue weighted by Crippen LogP contribution is -2.06. The number of anilines is 1. The summed E-state index contributed by atoms with van der Waals surface area (Å²) < 4.78 is 9.10. The number of aromatic nitrogens is 2. The normalized spacial score (nSPS) is 11.0. The number of phenols is 1. The van der Waals surface area contributed by atoms with Crippen molar-refractivity contribution in [3.63, 3.8) is 0 Å². The van der Waals surface area contributed by atoms with Gasteiger partial charge >= 0.3 is 0 Å². The first-order valence-electron chi connectivity index (χ1n) is 7.44. The molecule has 1 aromatic carbocycles. The summed E-state index contributed by atoms with van der Waals surface area (Å²) in [5.41, 5.74) is 1.55. The first-order valence-corrected chi connectivity index (χ1v) is 8.22. The summed E-state index contributed by atoms with van der Waals surface area (Å²) in [7, 11) is 0. The third-order valence-corrected chi connectivity index (χ3v) is 4.04. The van der Waals surface area contributed by atoms with E-state index in [1.165, 1.54) is 24.5 Å². The van der Waals surface area contributed by atoms with Crippen molar-refractivity contribution in [1.29, 1.82) is 5.41 Å². The lowest BCUT2D eigenvalue weighted by molar-refractivity contribution is -0.114. The largest absolute Gasteiger partial charge is 0.505 e. The lowest BCUT2D eigenvalue weighted by Gasteiger charge is -2.11. The minimum absolute atomic E-state index is 0.0430. The van der Waals surface area contributed by atoms with Crippen LogP contribution in [0.5, 0.6) is 5.75 Å². The molecular weight excluding hydrogens is 356 g/mol. The molecule has 0 bridgehead atoms. The Morgan fingerprint density at radius 2 is 2.31 bits per heavy atom. The maximum atomic E-state index is 11.3. The van der Waals surface area contributed by atoms with E-state index in [-0.39, 0.29) is 24.0 Å². The molecule has 2 aromatic heterocycles. The summed E-state index contributed by atoms with van der Waals surface area (Å²) in [5, 5.41) is 29.4. The molecule has 26 heavy (non-hydrogen) atoms. The van der Waals surface area contributed by atoms with Crippen molar-refractivity contribution in [2.75, 3.05) is 5.32 Å². The fraction of sp³-hybridized carbons (Fsp3) is 0.125. The second-order valence-corrected chi connectivity index (χ2v) is 5.93. The molecule has 0 aliphatic rings. The van der Waals surface area contributed by atoms with E-state index in [0.29, 0.717) is 21.9 Å². The van der Waals surface area contributed by atoms with Gasteiger partial charge in [-0.25, -0.2) is 4.98 Å². The summed E-state index contributed by atoms with van der Waals surface area (Å²) >= 11 is 1.17. The Kier molecular flexibility index (Phi) is 5.13. The highest BCUT2D eigenvalue weighted by Gasteiger charge is 2.12. The van der Waals surface area contributed by atoms with E-state index in [0.717, 1.165) is 11.8 Å². The second kappa shape index (κ2) is 7.66. The van der Waals surface area contributed by atoms with E-state index in [1.54, 1.807) is 18.3 Å². The van der Waals surface area contributed by atoms with Gasteiger partial charge in [0.05, 0.1) is 16.8 Å². The van der Waals surface area contributed by atoms with Gasteiger partial charge in [-0.3, -0.25) is 10.2 Å². The smallest absolute Gasteiger partial charge is 0.221 e. The Bertz CT molecular complexity index is 1000. The van der Waals surface area contributed by atoms with Gasteiger partial charge in [-0.1, -0.05) is 0 Å². The van der Waals surface area contributed by atoms with Crippen molar-refractivity contribution < 1.29 is 14.6 Å². The van der Waals surface area contributed by atoms with Crippen molar-refractivity contribution in [1.82, 2.24) is 9.36 Å². The molecule has 3 aromatic rings. The van der Waals surface area contributed by atoms with Gasteiger partial charge in [-0.2, -0.15) is 4.37 Å². The quantitative estimate of drug-likeness (QED) is 0.262. The number of ether oxygens (including phenoxy) is 1. The van der Waals surface area contributed by atoms with Gasteiger partial charge in [0.2, 0.25) is 5.91 Å². The van der Waals surface area contributed by atoms with Crippen molar-refractivity contribution >= 4 is 51.2 Å². The first-order chi connectivity index (χ1) is 12.6. The van der Waals surface area contributed by atoms with Crippen molar-refractivity contribution in [2.45, 2.75) is 13.5 Å². The SMILES string of the molecule is CC(=O)Nc1cc(N=Nc2snc3ncccc23)cc(COC=N)c1O. The summed E-state index contributed by atoms with van der Waals surface area (Å²) in [6.45, 7) is 1.29. The van der Waals surface area contributed by atoms with Gasteiger partial charge in [0.25, 0.3) is 0 Å². The van der Waals surface area contributed by atoms with Crippen molar-refractivity contribution in [2.24, 2.45) is 10.2 Å². The van der Waals surface area contributed by atoms with Crippen LogP contribution in [0.4, 0.5) is 16.4 Å². The van der Waals surface area contributed by atoms with Crippen LogP contribution in [0.2, 0.25) is 0 Å². The number of nitrogens with one attached hydrogen (secondary N) is 2. The van der Waals surface area contributed by atoms with Crippen LogP contribution in [0.25, 0.3) is 11.0 Å². The van der Waals surface area contributed by atoms with Gasteiger partial charge in [-0.15, -0.1) is 10.2 Å². The number of amides is 1. The Labute approximate surface area is 152 Å². The second-order valence-electron chi connectivity index (χ2n) is 5.17. The highest BCUT2D eigenvalue weighted by molar-refractivity contribution is 7.11. The molecule has 132 valence electrons. The molecular formula is C16H14N6O3S. The van der Waals surface area contributed by atoms with Crippen molar-refractivity contribution in [3.05, 3.63) is 36.0 Å². The number of pyridine rings is 1. The van der Waals surface area contributed by atoms with Crippen LogP contribution in [-0.2, 0) is 16.1 Å². The molecule has 9 nitrogen and oxygen atoms in total. The maximum absolute atomic E-state index is 11.3. The first kappa shape index (κ1) is 17.4. The Morgan fingerprint density at radius 3 is 3.08 bits per heavy atom. The fourth-order valence-electron chi connectivity index (χ4n) is 2.21. The van der Waals surface area contributed by atoms with Crippen LogP contribution in [-0.4, -0.2) is 26.8 Å². The molecule has 1 amide bonds. The lowest BCUT2D eigenvalue weighted by atomic mass is 10.1. The highest BCUT2D eigenvalue weighted by atomic mass is 32.1. The Balaban J connectivity index is 1.97. The average molecular weight is 370 g/mol. The number of azo groups is 1. The number of rotatable bonds is 6. The molecule has 0 radical (unpaired) electrons.